The predicted molar refractivity (Wildman–Crippen MR) is 142 cm³/mol. The van der Waals surface area contributed by atoms with Crippen molar-refractivity contribution >= 4 is 38.2 Å². The molecule has 15 heteroatoms. The van der Waals surface area contributed by atoms with Crippen LogP contribution in [0.1, 0.15) is 35.0 Å². The van der Waals surface area contributed by atoms with Crippen molar-refractivity contribution in [1.82, 2.24) is 15.2 Å². The first-order valence-corrected chi connectivity index (χ1v) is 13.9. The van der Waals surface area contributed by atoms with Gasteiger partial charge in [0.1, 0.15) is 17.3 Å². The molecular formula is C26H24F5N5O4S. The van der Waals surface area contributed by atoms with Crippen molar-refractivity contribution in [3.63, 3.8) is 0 Å². The summed E-state index contributed by atoms with van der Waals surface area (Å²) in [7, 11) is -2.54. The average molecular weight is 598 g/mol. The van der Waals surface area contributed by atoms with Crippen LogP contribution in [0.15, 0.2) is 36.4 Å². The number of carbonyl (C=O) groups excluding carboxylic acids is 1. The standard InChI is InChI=1S/C26H24F5N5O4S/c1-4-21(37)24-23-19(34-35-24)10-18(14-9-17(28)22(38)8-13(14)11-26(29,30)31)33-25(23)32-12-15-16(27)6-5-7-20(15)36(2)41(3,39)40/h5-10,38H,4,11-12H2,1-3H3,(H,32,33)(H,34,35). The molecule has 0 aliphatic carbocycles. The zero-order valence-corrected chi connectivity index (χ0v) is 22.7. The molecule has 41 heavy (non-hydrogen) atoms. The zero-order valence-electron chi connectivity index (χ0n) is 21.9. The van der Waals surface area contributed by atoms with Gasteiger partial charge in [0.2, 0.25) is 10.0 Å². The fraction of sp³-hybridized carbons (Fsp3) is 0.269. The highest BCUT2D eigenvalue weighted by atomic mass is 32.2. The zero-order chi connectivity index (χ0) is 30.3. The maximum atomic E-state index is 14.9. The summed E-state index contributed by atoms with van der Waals surface area (Å²) in [4.78, 5) is 17.0. The Bertz CT molecular complexity index is 1760. The number of halogens is 5. The summed E-state index contributed by atoms with van der Waals surface area (Å²) in [5.41, 5.74) is -0.882. The van der Waals surface area contributed by atoms with Gasteiger partial charge in [-0.15, -0.1) is 0 Å². The number of fused-ring (bicyclic) bond motifs is 1. The topological polar surface area (TPSA) is 128 Å². The highest BCUT2D eigenvalue weighted by Gasteiger charge is 2.31. The Kier molecular flexibility index (Phi) is 7.94. The van der Waals surface area contributed by atoms with Gasteiger partial charge in [0.25, 0.3) is 0 Å². The molecule has 0 aliphatic rings. The Hall–Kier alpha value is -4.27. The first kappa shape index (κ1) is 29.7. The molecule has 0 atom stereocenters. The number of Topliss-reactive ketones (excluding diaryl/α,β-unsaturated/α-hetero) is 1. The molecular weight excluding hydrogens is 573 g/mol. The lowest BCUT2D eigenvalue weighted by molar-refractivity contribution is -0.127. The first-order valence-electron chi connectivity index (χ1n) is 12.1. The number of nitrogens with zero attached hydrogens (tertiary/aromatic N) is 3. The second-order valence-corrected chi connectivity index (χ2v) is 11.2. The highest BCUT2D eigenvalue weighted by molar-refractivity contribution is 7.92. The minimum Gasteiger partial charge on any atom is -0.505 e. The van der Waals surface area contributed by atoms with E-state index in [0.717, 1.165) is 16.6 Å². The smallest absolute Gasteiger partial charge is 0.393 e. The van der Waals surface area contributed by atoms with E-state index in [1.165, 1.54) is 25.2 Å². The quantitative estimate of drug-likeness (QED) is 0.176. The molecule has 0 unspecified atom stereocenters. The van der Waals surface area contributed by atoms with Crippen LogP contribution in [0.2, 0.25) is 0 Å². The molecule has 0 bridgehead atoms. The number of anilines is 2. The minimum atomic E-state index is -4.70. The number of rotatable bonds is 9. The van der Waals surface area contributed by atoms with Gasteiger partial charge in [-0.05, 0) is 35.9 Å². The van der Waals surface area contributed by atoms with Crippen molar-refractivity contribution in [3.05, 3.63) is 64.9 Å². The third kappa shape index (κ3) is 6.24. The van der Waals surface area contributed by atoms with Gasteiger partial charge in [0.15, 0.2) is 17.3 Å². The molecule has 218 valence electrons. The summed E-state index contributed by atoms with van der Waals surface area (Å²) in [6.45, 7) is 1.23. The van der Waals surface area contributed by atoms with E-state index in [-0.39, 0.29) is 57.9 Å². The van der Waals surface area contributed by atoms with E-state index < -0.39 is 51.4 Å². The van der Waals surface area contributed by atoms with Crippen LogP contribution in [0.3, 0.4) is 0 Å². The van der Waals surface area contributed by atoms with Gasteiger partial charge in [0.05, 0.1) is 35.0 Å². The lowest BCUT2D eigenvalue weighted by Gasteiger charge is -2.21. The number of H-pyrrole nitrogens is 1. The van der Waals surface area contributed by atoms with Crippen LogP contribution in [-0.4, -0.2) is 54.0 Å². The first-order chi connectivity index (χ1) is 19.1. The van der Waals surface area contributed by atoms with Crippen molar-refractivity contribution in [2.45, 2.75) is 32.5 Å². The van der Waals surface area contributed by atoms with E-state index in [1.807, 2.05) is 0 Å². The summed E-state index contributed by atoms with van der Waals surface area (Å²) in [6, 6.07) is 6.46. The molecule has 2 heterocycles. The van der Waals surface area contributed by atoms with Crippen LogP contribution >= 0.6 is 0 Å². The molecule has 2 aromatic carbocycles. The maximum absolute atomic E-state index is 14.9. The fourth-order valence-electron chi connectivity index (χ4n) is 4.25. The third-order valence-electron chi connectivity index (χ3n) is 6.33. The van der Waals surface area contributed by atoms with Gasteiger partial charge >= 0.3 is 6.18 Å². The highest BCUT2D eigenvalue weighted by Crippen LogP contribution is 2.36. The number of aromatic amines is 1. The number of sulfonamides is 1. The van der Waals surface area contributed by atoms with E-state index in [2.05, 4.69) is 20.5 Å². The van der Waals surface area contributed by atoms with Crippen LogP contribution in [-0.2, 0) is 23.0 Å². The molecule has 4 rings (SSSR count). The number of nitrogens with one attached hydrogen (secondary N) is 2. The number of hydrogen-bond donors (Lipinski definition) is 3. The third-order valence-corrected chi connectivity index (χ3v) is 7.52. The molecule has 0 spiro atoms. The number of benzene rings is 2. The lowest BCUT2D eigenvalue weighted by Crippen LogP contribution is -2.26. The predicted octanol–water partition coefficient (Wildman–Crippen LogP) is 5.31. The largest absolute Gasteiger partial charge is 0.505 e. The summed E-state index contributed by atoms with van der Waals surface area (Å²) in [5.74, 6) is -3.43. The Morgan fingerprint density at radius 1 is 1.15 bits per heavy atom. The molecule has 0 saturated carbocycles. The summed E-state index contributed by atoms with van der Waals surface area (Å²) in [5, 5.41) is 19.4. The van der Waals surface area contributed by atoms with E-state index in [4.69, 9.17) is 0 Å². The number of alkyl halides is 3. The van der Waals surface area contributed by atoms with E-state index in [1.54, 1.807) is 6.92 Å². The van der Waals surface area contributed by atoms with Gasteiger partial charge < -0.3 is 10.4 Å². The SMILES string of the molecule is CCC(=O)c1n[nH]c2cc(-c3cc(F)c(O)cc3CC(F)(F)F)nc(NCc3c(F)cccc3N(C)S(C)(=O)=O)c12. The molecule has 2 aromatic heterocycles. The van der Waals surface area contributed by atoms with Gasteiger partial charge in [-0.3, -0.25) is 14.2 Å². The van der Waals surface area contributed by atoms with Crippen LogP contribution < -0.4 is 9.62 Å². The lowest BCUT2D eigenvalue weighted by atomic mass is 9.99. The summed E-state index contributed by atoms with van der Waals surface area (Å²) in [6.07, 6.45) is -5.22. The summed E-state index contributed by atoms with van der Waals surface area (Å²) < 4.78 is 94.4. The molecule has 0 aliphatic heterocycles. The van der Waals surface area contributed by atoms with Gasteiger partial charge in [0, 0.05) is 31.1 Å². The monoisotopic (exact) mass is 597 g/mol. The number of ketones is 1. The van der Waals surface area contributed by atoms with Crippen molar-refractivity contribution in [1.29, 1.82) is 0 Å². The minimum absolute atomic E-state index is 0.0116. The average Bonchev–Trinajstić information content (AvgIpc) is 3.31. The molecule has 0 radical (unpaired) electrons. The Labute approximate surface area is 231 Å². The molecule has 0 saturated heterocycles. The van der Waals surface area contributed by atoms with Crippen molar-refractivity contribution in [2.24, 2.45) is 0 Å². The van der Waals surface area contributed by atoms with Crippen LogP contribution in [0.25, 0.3) is 22.2 Å². The Morgan fingerprint density at radius 3 is 2.49 bits per heavy atom. The number of hydrogen-bond acceptors (Lipinski definition) is 7. The van der Waals surface area contributed by atoms with Crippen molar-refractivity contribution in [2.75, 3.05) is 22.9 Å². The van der Waals surface area contributed by atoms with Crippen molar-refractivity contribution in [3.8, 4) is 17.0 Å². The summed E-state index contributed by atoms with van der Waals surface area (Å²) >= 11 is 0. The number of phenolic OH excluding ortho intramolecular Hbond substituents is 1. The second kappa shape index (κ2) is 11.0. The normalized spacial score (nSPS) is 12.1. The van der Waals surface area contributed by atoms with E-state index in [9.17, 15) is 40.3 Å². The maximum Gasteiger partial charge on any atom is 0.393 e. The number of phenols is 1. The number of aromatic hydroxyl groups is 1. The Morgan fingerprint density at radius 2 is 1.85 bits per heavy atom. The number of aromatic nitrogens is 3. The molecule has 4 aromatic rings. The van der Waals surface area contributed by atoms with E-state index in [0.29, 0.717) is 12.1 Å². The van der Waals surface area contributed by atoms with Crippen molar-refractivity contribution < 1.29 is 40.3 Å². The molecule has 3 N–H and O–H groups in total. The van der Waals surface area contributed by atoms with Crippen LogP contribution in [0, 0.1) is 11.6 Å². The van der Waals surface area contributed by atoms with E-state index >= 15 is 0 Å². The van der Waals surface area contributed by atoms with Gasteiger partial charge in [-0.2, -0.15) is 18.3 Å². The molecule has 0 amide bonds. The Balaban J connectivity index is 1.90. The van der Waals surface area contributed by atoms with Crippen LogP contribution in [0.4, 0.5) is 33.5 Å². The second-order valence-electron chi connectivity index (χ2n) is 9.20. The van der Waals surface area contributed by atoms with Gasteiger partial charge in [-0.1, -0.05) is 13.0 Å². The van der Waals surface area contributed by atoms with Gasteiger partial charge in [-0.25, -0.2) is 22.2 Å². The molecule has 9 nitrogen and oxygen atoms in total. The number of carbonyl (C=O) groups is 1. The fourth-order valence-corrected chi connectivity index (χ4v) is 4.78. The van der Waals surface area contributed by atoms with Crippen LogP contribution in [0.5, 0.6) is 5.75 Å². The number of pyridine rings is 1. The molecule has 0 fully saturated rings.